The summed E-state index contributed by atoms with van der Waals surface area (Å²) in [5.74, 6) is -2.46. The maximum Gasteiger partial charge on any atom is 2.00 e. The van der Waals surface area contributed by atoms with Crippen molar-refractivity contribution < 1.29 is 29.9 Å². The van der Waals surface area contributed by atoms with Crippen LogP contribution in [0.25, 0.3) is 0 Å². The van der Waals surface area contributed by atoms with E-state index in [0.717, 1.165) is 0 Å². The van der Waals surface area contributed by atoms with Crippen LogP contribution in [0.1, 0.15) is 0 Å². The molecule has 0 fully saturated rings. The van der Waals surface area contributed by atoms with Gasteiger partial charge in [-0.2, -0.15) is 0 Å². The summed E-state index contributed by atoms with van der Waals surface area (Å²) >= 11 is 0. The quantitative estimate of drug-likeness (QED) is 0.256. The summed E-state index contributed by atoms with van der Waals surface area (Å²) in [6.07, 6.45) is 2.70. The average molecular weight is 575 g/mol. The van der Waals surface area contributed by atoms with Gasteiger partial charge in [0.15, 0.2) is 0 Å². The topological polar surface area (TPSA) is 244 Å². The van der Waals surface area contributed by atoms with E-state index in [2.05, 4.69) is 9.97 Å². The molecule has 0 unspecified atom stereocenters. The minimum atomic E-state index is -1.23. The van der Waals surface area contributed by atoms with Crippen molar-refractivity contribution in [2.45, 2.75) is 0 Å². The van der Waals surface area contributed by atoms with Crippen molar-refractivity contribution >= 4 is 50.0 Å². The molecule has 0 aliphatic rings. The third-order valence-electron chi connectivity index (χ3n) is 2.50. The Bertz CT molecular complexity index is 768. The third-order valence-corrected chi connectivity index (χ3v) is 2.50. The van der Waals surface area contributed by atoms with Gasteiger partial charge in [-0.1, -0.05) is 0 Å². The molecule has 0 N–H and O–H groups in total. The molecule has 0 bridgehead atoms. The Morgan fingerprint density at radius 3 is 0.889 bits per heavy atom. The van der Waals surface area contributed by atoms with Gasteiger partial charge in [0.05, 0.1) is 31.2 Å². The van der Waals surface area contributed by atoms with Crippen LogP contribution >= 0.6 is 0 Å². The van der Waals surface area contributed by atoms with E-state index in [1.807, 2.05) is 0 Å². The minimum absolute atomic E-state index is 0. The van der Waals surface area contributed by atoms with Gasteiger partial charge >= 0.3 is 27.3 Å². The molecule has 0 aliphatic carbocycles. The van der Waals surface area contributed by atoms with Crippen LogP contribution in [0.5, 0.6) is 11.5 Å². The molecule has 0 saturated carbocycles. The van der Waals surface area contributed by atoms with Crippen LogP contribution in [0.15, 0.2) is 24.8 Å². The van der Waals surface area contributed by atoms with Gasteiger partial charge in [0.1, 0.15) is 24.8 Å². The maximum absolute atomic E-state index is 10.9. The fourth-order valence-electron chi connectivity index (χ4n) is 1.37. The first-order chi connectivity index (χ1) is 12.1. The van der Waals surface area contributed by atoms with Crippen molar-refractivity contribution in [3.05, 3.63) is 65.2 Å². The Labute approximate surface area is 166 Å². The molecule has 2 radical (unpaired) electrons. The molecule has 2 heterocycles. The predicted octanol–water partition coefficient (Wildman–Crippen LogP) is -0.438. The Balaban J connectivity index is 0.000000483. The van der Waals surface area contributed by atoms with E-state index in [1.165, 1.54) is 0 Å². The van der Waals surface area contributed by atoms with Crippen molar-refractivity contribution in [1.82, 2.24) is 9.97 Å². The van der Waals surface area contributed by atoms with E-state index < -0.39 is 53.9 Å². The SMILES string of the molecule is O=[N+]([O-])c1cncc([N+](=O)[O-])c1[O-].O=[N+]([O-])c1cncc([N+](=O)[O-])c1[O-].[Pb+2]. The van der Waals surface area contributed by atoms with Gasteiger partial charge in [-0.05, 0) is 0 Å². The average Bonchev–Trinajstić information content (AvgIpc) is 2.54. The van der Waals surface area contributed by atoms with Gasteiger partial charge in [-0.25, -0.2) is 0 Å². The molecular formula is C10H4N6O10Pb. The van der Waals surface area contributed by atoms with Crippen molar-refractivity contribution in [3.63, 3.8) is 0 Å². The predicted molar refractivity (Wildman–Crippen MR) is 79.7 cm³/mol. The zero-order chi connectivity index (χ0) is 20.0. The molecule has 0 aliphatic heterocycles. The van der Waals surface area contributed by atoms with Crippen LogP contribution in [0.2, 0.25) is 0 Å². The molecule has 2 rings (SSSR count). The fourth-order valence-corrected chi connectivity index (χ4v) is 1.37. The summed E-state index contributed by atoms with van der Waals surface area (Å²) in [5, 5.41) is 62.4. The second kappa shape index (κ2) is 9.79. The molecule has 17 heteroatoms. The summed E-state index contributed by atoms with van der Waals surface area (Å²) in [5.41, 5.74) is -3.58. The molecule has 0 amide bonds. The first kappa shape index (κ1) is 23.4. The van der Waals surface area contributed by atoms with Crippen LogP contribution in [0, 0.1) is 40.5 Å². The molecule has 0 saturated heterocycles. The summed E-state index contributed by atoms with van der Waals surface area (Å²) in [6.45, 7) is 0. The van der Waals surface area contributed by atoms with Gasteiger partial charge in [-0.3, -0.25) is 50.4 Å². The molecule has 16 nitrogen and oxygen atoms in total. The minimum Gasteiger partial charge on any atom is -0.863 e. The Morgan fingerprint density at radius 2 is 0.741 bits per heavy atom. The number of nitro groups is 4. The monoisotopic (exact) mass is 576 g/mol. The summed E-state index contributed by atoms with van der Waals surface area (Å²) in [6, 6.07) is 0. The van der Waals surface area contributed by atoms with Crippen LogP contribution in [-0.4, -0.2) is 57.0 Å². The first-order valence-corrected chi connectivity index (χ1v) is 5.95. The molecule has 2 aromatic heterocycles. The van der Waals surface area contributed by atoms with Gasteiger partial charge in [0, 0.05) is 0 Å². The Hall–Kier alpha value is -3.58. The summed E-state index contributed by atoms with van der Waals surface area (Å²) in [4.78, 5) is 42.9. The molecule has 0 spiro atoms. The zero-order valence-electron chi connectivity index (χ0n) is 12.6. The van der Waals surface area contributed by atoms with Gasteiger partial charge in [-0.15, -0.1) is 0 Å². The van der Waals surface area contributed by atoms with Crippen molar-refractivity contribution in [1.29, 1.82) is 0 Å². The van der Waals surface area contributed by atoms with Crippen LogP contribution < -0.4 is 10.2 Å². The largest absolute Gasteiger partial charge is 2.00 e. The van der Waals surface area contributed by atoms with Gasteiger partial charge in [0.25, 0.3) is 22.7 Å². The van der Waals surface area contributed by atoms with E-state index in [0.29, 0.717) is 24.8 Å². The smallest absolute Gasteiger partial charge is 0.863 e. The molecule has 2 aromatic rings. The number of aromatic nitrogens is 2. The second-order valence-electron chi connectivity index (χ2n) is 4.04. The third kappa shape index (κ3) is 5.72. The zero-order valence-corrected chi connectivity index (χ0v) is 16.5. The first-order valence-electron chi connectivity index (χ1n) is 5.95. The Kier molecular flexibility index (Phi) is 8.49. The molecule has 0 atom stereocenters. The number of nitrogens with zero attached hydrogens (tertiary/aromatic N) is 6. The Morgan fingerprint density at radius 1 is 0.556 bits per heavy atom. The summed E-state index contributed by atoms with van der Waals surface area (Å²) < 4.78 is 0. The van der Waals surface area contributed by atoms with Gasteiger partial charge < -0.3 is 10.2 Å². The standard InChI is InChI=1S/2C5H3N3O5.Pb/c2*9-5-3(7(10)11)1-6-2-4(5)8(12)13;/h2*1-2H,(H,6,9);/q;;+2/p-2. The maximum atomic E-state index is 10.9. The molecule has 0 aromatic carbocycles. The van der Waals surface area contributed by atoms with Crippen molar-refractivity contribution in [2.75, 3.05) is 0 Å². The number of pyridine rings is 2. The van der Waals surface area contributed by atoms with Crippen molar-refractivity contribution in [3.8, 4) is 11.5 Å². The number of hydrogen-bond acceptors (Lipinski definition) is 12. The van der Waals surface area contributed by atoms with Crippen LogP contribution in [0.3, 0.4) is 0 Å². The van der Waals surface area contributed by atoms with Gasteiger partial charge in [0.2, 0.25) is 0 Å². The van der Waals surface area contributed by atoms with E-state index in [9.17, 15) is 50.7 Å². The molecular weight excluding hydrogens is 571 g/mol. The second-order valence-corrected chi connectivity index (χ2v) is 4.04. The number of rotatable bonds is 4. The molecule has 138 valence electrons. The summed E-state index contributed by atoms with van der Waals surface area (Å²) in [7, 11) is 0. The van der Waals surface area contributed by atoms with E-state index in [1.54, 1.807) is 0 Å². The normalized spacial score (nSPS) is 9.19. The molecule has 27 heavy (non-hydrogen) atoms. The van der Waals surface area contributed by atoms with E-state index >= 15 is 0 Å². The van der Waals surface area contributed by atoms with E-state index in [-0.39, 0.29) is 27.3 Å². The van der Waals surface area contributed by atoms with Crippen LogP contribution in [0.4, 0.5) is 22.7 Å². The fraction of sp³-hybridized carbons (Fsp3) is 0. The number of hydrogen-bond donors (Lipinski definition) is 0. The van der Waals surface area contributed by atoms with E-state index in [4.69, 9.17) is 0 Å². The van der Waals surface area contributed by atoms with Crippen molar-refractivity contribution in [2.24, 2.45) is 0 Å². The van der Waals surface area contributed by atoms with Crippen LogP contribution in [-0.2, 0) is 0 Å².